The van der Waals surface area contributed by atoms with Gasteiger partial charge >= 0.3 is 5.97 Å². The number of sulfonamides is 2. The van der Waals surface area contributed by atoms with Crippen molar-refractivity contribution in [1.29, 1.82) is 0 Å². The molecule has 2 aromatic rings. The maximum Gasteiger partial charge on any atom is 0.340 e. The van der Waals surface area contributed by atoms with Crippen LogP contribution in [0.1, 0.15) is 21.5 Å². The number of aryl methyl sites for hydroxylation is 2. The van der Waals surface area contributed by atoms with E-state index in [0.717, 1.165) is 18.7 Å². The molecule has 2 rings (SSSR count). The fourth-order valence-corrected chi connectivity index (χ4v) is 4.49. The lowest BCUT2D eigenvalue weighted by molar-refractivity contribution is 0.0601. The smallest absolute Gasteiger partial charge is 0.340 e. The largest absolute Gasteiger partial charge is 0.465 e. The molecule has 0 heterocycles. The van der Waals surface area contributed by atoms with E-state index in [1.165, 1.54) is 12.1 Å². The van der Waals surface area contributed by atoms with Crippen molar-refractivity contribution < 1.29 is 26.4 Å². The Bertz CT molecular complexity index is 1130. The van der Waals surface area contributed by atoms with Gasteiger partial charge in [-0.15, -0.1) is 0 Å². The van der Waals surface area contributed by atoms with Crippen LogP contribution in [0.5, 0.6) is 0 Å². The summed E-state index contributed by atoms with van der Waals surface area (Å²) in [6.07, 6.45) is 0. The first kappa shape index (κ1) is 22.8. The van der Waals surface area contributed by atoms with Crippen molar-refractivity contribution in [2.45, 2.75) is 23.6 Å². The predicted octanol–water partition coefficient (Wildman–Crippen LogP) is 1.13. The van der Waals surface area contributed by atoms with E-state index in [1.807, 2.05) is 6.07 Å². The van der Waals surface area contributed by atoms with Crippen LogP contribution in [-0.4, -0.2) is 43.0 Å². The number of hydrogen-bond donors (Lipinski definition) is 3. The predicted molar refractivity (Wildman–Crippen MR) is 109 cm³/mol. The topological polar surface area (TPSA) is 145 Å². The molecule has 0 unspecified atom stereocenters. The molecule has 0 aromatic heterocycles. The molecule has 0 bridgehead atoms. The molecule has 4 N–H and O–H groups in total. The van der Waals surface area contributed by atoms with Crippen LogP contribution in [0.25, 0.3) is 0 Å². The number of carbonyl (C=O) groups excluding carboxylic acids is 1. The molecule has 29 heavy (non-hydrogen) atoms. The molecule has 0 radical (unpaired) electrons. The van der Waals surface area contributed by atoms with Gasteiger partial charge in [-0.1, -0.05) is 12.1 Å². The van der Waals surface area contributed by atoms with Gasteiger partial charge < -0.3 is 10.1 Å². The first-order valence-electron chi connectivity index (χ1n) is 8.51. The van der Waals surface area contributed by atoms with Crippen molar-refractivity contribution in [3.8, 4) is 0 Å². The highest BCUT2D eigenvalue weighted by Crippen LogP contribution is 2.21. The summed E-state index contributed by atoms with van der Waals surface area (Å²) in [6.45, 7) is 3.69. The Labute approximate surface area is 170 Å². The lowest BCUT2D eigenvalue weighted by Crippen LogP contribution is -2.29. The summed E-state index contributed by atoms with van der Waals surface area (Å²) in [5.41, 5.74) is 1.71. The molecule has 0 saturated carbocycles. The Balaban J connectivity index is 2.12. The summed E-state index contributed by atoms with van der Waals surface area (Å²) in [5, 5.41) is 7.98. The van der Waals surface area contributed by atoms with Crippen molar-refractivity contribution in [1.82, 2.24) is 4.72 Å². The standard InChI is InChI=1S/C18H23N3O6S2/c1-12-4-5-13(2)17(10-12)29(25,26)21-9-8-20-16-7-6-14(28(19,23)24)11-15(16)18(22)27-3/h4-7,10-11,20-21H,8-9H2,1-3H3,(H2,19,23,24). The van der Waals surface area contributed by atoms with Gasteiger partial charge in [0.1, 0.15) is 0 Å². The third-order valence-electron chi connectivity index (χ3n) is 4.09. The second-order valence-corrected chi connectivity index (χ2v) is 9.63. The monoisotopic (exact) mass is 441 g/mol. The van der Waals surface area contributed by atoms with Gasteiger partial charge in [-0.05, 0) is 49.2 Å². The molecular weight excluding hydrogens is 418 g/mol. The van der Waals surface area contributed by atoms with Crippen molar-refractivity contribution in [3.63, 3.8) is 0 Å². The lowest BCUT2D eigenvalue weighted by atomic mass is 10.2. The van der Waals surface area contributed by atoms with Gasteiger partial charge in [0.15, 0.2) is 0 Å². The van der Waals surface area contributed by atoms with E-state index in [-0.39, 0.29) is 34.1 Å². The van der Waals surface area contributed by atoms with E-state index in [1.54, 1.807) is 26.0 Å². The van der Waals surface area contributed by atoms with Crippen LogP contribution in [-0.2, 0) is 24.8 Å². The number of ether oxygens (including phenoxy) is 1. The van der Waals surface area contributed by atoms with Gasteiger partial charge in [0.25, 0.3) is 0 Å². The highest BCUT2D eigenvalue weighted by molar-refractivity contribution is 7.89. The van der Waals surface area contributed by atoms with Crippen molar-refractivity contribution >= 4 is 31.7 Å². The normalized spacial score (nSPS) is 11.9. The molecule has 0 aliphatic heterocycles. The Morgan fingerprint density at radius 3 is 2.34 bits per heavy atom. The number of esters is 1. The summed E-state index contributed by atoms with van der Waals surface area (Å²) in [7, 11) is -6.54. The fourth-order valence-electron chi connectivity index (χ4n) is 2.59. The van der Waals surface area contributed by atoms with E-state index >= 15 is 0 Å². The van der Waals surface area contributed by atoms with E-state index in [2.05, 4.69) is 14.8 Å². The molecule has 0 saturated heterocycles. The van der Waals surface area contributed by atoms with Crippen LogP contribution in [0.2, 0.25) is 0 Å². The Morgan fingerprint density at radius 1 is 1.03 bits per heavy atom. The Kier molecular flexibility index (Phi) is 7.01. The van der Waals surface area contributed by atoms with Crippen molar-refractivity contribution in [2.24, 2.45) is 5.14 Å². The number of benzene rings is 2. The second-order valence-electron chi connectivity index (χ2n) is 6.34. The molecule has 158 valence electrons. The zero-order chi connectivity index (χ0) is 21.8. The zero-order valence-corrected chi connectivity index (χ0v) is 17.9. The van der Waals surface area contributed by atoms with Crippen molar-refractivity contribution in [3.05, 3.63) is 53.1 Å². The summed E-state index contributed by atoms with van der Waals surface area (Å²) < 4.78 is 55.1. The molecule has 0 fully saturated rings. The molecule has 2 aromatic carbocycles. The van der Waals surface area contributed by atoms with Crippen LogP contribution < -0.4 is 15.2 Å². The average Bonchev–Trinajstić information content (AvgIpc) is 2.65. The lowest BCUT2D eigenvalue weighted by Gasteiger charge is -2.13. The number of methoxy groups -OCH3 is 1. The summed E-state index contributed by atoms with van der Waals surface area (Å²) >= 11 is 0. The van der Waals surface area contributed by atoms with Crippen LogP contribution in [0.3, 0.4) is 0 Å². The number of nitrogens with two attached hydrogens (primary N) is 1. The zero-order valence-electron chi connectivity index (χ0n) is 16.2. The number of nitrogens with one attached hydrogen (secondary N) is 2. The summed E-state index contributed by atoms with van der Waals surface area (Å²) in [4.78, 5) is 11.9. The third-order valence-corrected chi connectivity index (χ3v) is 6.60. The van der Waals surface area contributed by atoms with E-state index in [9.17, 15) is 21.6 Å². The minimum Gasteiger partial charge on any atom is -0.465 e. The second kappa shape index (κ2) is 8.91. The quantitative estimate of drug-likeness (QED) is 0.411. The average molecular weight is 442 g/mol. The van der Waals surface area contributed by atoms with Crippen molar-refractivity contribution in [2.75, 3.05) is 25.5 Å². The molecule has 11 heteroatoms. The number of rotatable bonds is 8. The molecule has 0 aliphatic rings. The number of anilines is 1. The maximum atomic E-state index is 12.5. The van der Waals surface area contributed by atoms with E-state index in [4.69, 9.17) is 5.14 Å². The molecule has 0 spiro atoms. The fraction of sp³-hybridized carbons (Fsp3) is 0.278. The minimum absolute atomic E-state index is 0.0311. The molecule has 9 nitrogen and oxygen atoms in total. The third kappa shape index (κ3) is 5.76. The van der Waals surface area contributed by atoms with Crippen LogP contribution in [0.15, 0.2) is 46.2 Å². The van der Waals surface area contributed by atoms with Crippen LogP contribution >= 0.6 is 0 Å². The molecule has 0 amide bonds. The van der Waals surface area contributed by atoms with Crippen LogP contribution in [0.4, 0.5) is 5.69 Å². The van der Waals surface area contributed by atoms with E-state index < -0.39 is 26.0 Å². The van der Waals surface area contributed by atoms with Gasteiger partial charge in [-0.2, -0.15) is 0 Å². The Morgan fingerprint density at radius 2 is 1.72 bits per heavy atom. The molecular formula is C18H23N3O6S2. The Hall–Kier alpha value is -2.47. The number of carbonyl (C=O) groups is 1. The first-order valence-corrected chi connectivity index (χ1v) is 11.5. The first-order chi connectivity index (χ1) is 13.5. The van der Waals surface area contributed by atoms with Gasteiger partial charge in [-0.25, -0.2) is 31.5 Å². The van der Waals surface area contributed by atoms with E-state index in [0.29, 0.717) is 5.56 Å². The highest BCUT2D eigenvalue weighted by atomic mass is 32.2. The van der Waals surface area contributed by atoms with Gasteiger partial charge in [0.2, 0.25) is 20.0 Å². The molecule has 0 atom stereocenters. The maximum absolute atomic E-state index is 12.5. The van der Waals surface area contributed by atoms with Gasteiger partial charge in [0, 0.05) is 18.8 Å². The minimum atomic E-state index is -3.99. The highest BCUT2D eigenvalue weighted by Gasteiger charge is 2.18. The van der Waals surface area contributed by atoms with Gasteiger partial charge in [0.05, 0.1) is 22.5 Å². The number of hydrogen-bond acceptors (Lipinski definition) is 7. The summed E-state index contributed by atoms with van der Waals surface area (Å²) in [5.74, 6) is -0.756. The summed E-state index contributed by atoms with van der Waals surface area (Å²) in [6, 6.07) is 8.86. The number of primary sulfonamides is 1. The van der Waals surface area contributed by atoms with Gasteiger partial charge in [-0.3, -0.25) is 0 Å². The van der Waals surface area contributed by atoms with Crippen LogP contribution in [0, 0.1) is 13.8 Å². The SMILES string of the molecule is COC(=O)c1cc(S(N)(=O)=O)ccc1NCCNS(=O)(=O)c1cc(C)ccc1C. The molecule has 0 aliphatic carbocycles.